The molecule has 0 aromatic heterocycles. The second kappa shape index (κ2) is 8.24. The lowest BCUT2D eigenvalue weighted by Gasteiger charge is -2.23. The number of hydrogen-bond donors (Lipinski definition) is 0. The molecule has 1 aliphatic heterocycles. The zero-order valence-corrected chi connectivity index (χ0v) is 17.8. The van der Waals surface area contributed by atoms with Gasteiger partial charge in [0.25, 0.3) is 0 Å². The maximum atomic E-state index is 12.9. The molecule has 27 heavy (non-hydrogen) atoms. The van der Waals surface area contributed by atoms with E-state index in [-0.39, 0.29) is 5.78 Å². The summed E-state index contributed by atoms with van der Waals surface area (Å²) in [6.07, 6.45) is 2.64. The van der Waals surface area contributed by atoms with Crippen molar-refractivity contribution < 1.29 is 4.79 Å². The van der Waals surface area contributed by atoms with E-state index < -0.39 is 0 Å². The summed E-state index contributed by atoms with van der Waals surface area (Å²) in [7, 11) is 0. The summed E-state index contributed by atoms with van der Waals surface area (Å²) in [6, 6.07) is 18.0. The van der Waals surface area contributed by atoms with Crippen LogP contribution in [0.4, 0.5) is 0 Å². The Morgan fingerprint density at radius 1 is 0.926 bits per heavy atom. The average molecular weight is 426 g/mol. The van der Waals surface area contributed by atoms with E-state index in [1.165, 1.54) is 12.7 Å². The summed E-state index contributed by atoms with van der Waals surface area (Å²) in [6.45, 7) is 0. The molecule has 1 aliphatic carbocycles. The molecule has 0 saturated carbocycles. The van der Waals surface area contributed by atoms with E-state index >= 15 is 0 Å². The van der Waals surface area contributed by atoms with Crippen LogP contribution >= 0.6 is 47.0 Å². The van der Waals surface area contributed by atoms with Crippen molar-refractivity contribution in [1.29, 1.82) is 5.26 Å². The molecule has 0 bridgehead atoms. The van der Waals surface area contributed by atoms with Crippen LogP contribution in [0.5, 0.6) is 0 Å². The van der Waals surface area contributed by atoms with Crippen LogP contribution in [0.25, 0.3) is 5.57 Å². The number of ketones is 1. The highest BCUT2D eigenvalue weighted by atomic mass is 32.3. The Morgan fingerprint density at radius 2 is 1.48 bits per heavy atom. The number of nitrogens with zero attached hydrogens (tertiary/aromatic N) is 1. The molecule has 2 aromatic rings. The van der Waals surface area contributed by atoms with Crippen LogP contribution in [0.15, 0.2) is 61.2 Å². The van der Waals surface area contributed by atoms with Crippen LogP contribution in [0.3, 0.4) is 0 Å². The molecule has 2 aromatic carbocycles. The number of hydrogen-bond acceptors (Lipinski definition) is 6. The zero-order valence-electron chi connectivity index (χ0n) is 14.5. The predicted octanol–water partition coefficient (Wildman–Crippen LogP) is 6.56. The van der Waals surface area contributed by atoms with Crippen molar-refractivity contribution in [3.8, 4) is 6.07 Å². The van der Waals surface area contributed by atoms with E-state index in [1.54, 1.807) is 47.0 Å². The zero-order chi connectivity index (χ0) is 18.8. The molecule has 4 rings (SSSR count). The fourth-order valence-electron chi connectivity index (χ4n) is 3.09. The van der Waals surface area contributed by atoms with E-state index in [2.05, 4.69) is 12.3 Å². The molecule has 0 amide bonds. The van der Waals surface area contributed by atoms with Gasteiger partial charge in [0.05, 0.1) is 18.8 Å². The largest absolute Gasteiger partial charge is 0.289 e. The van der Waals surface area contributed by atoms with Gasteiger partial charge in [0.1, 0.15) is 0 Å². The highest BCUT2D eigenvalue weighted by Gasteiger charge is 2.32. The second-order valence-electron chi connectivity index (χ2n) is 5.82. The lowest BCUT2D eigenvalue weighted by Crippen LogP contribution is -2.14. The maximum absolute atomic E-state index is 12.9. The smallest absolute Gasteiger partial charge is 0.194 e. The number of nitriles is 1. The quantitative estimate of drug-likeness (QED) is 0.441. The van der Waals surface area contributed by atoms with Gasteiger partial charge >= 0.3 is 0 Å². The van der Waals surface area contributed by atoms with Crippen LogP contribution in [-0.2, 0) is 0 Å². The van der Waals surface area contributed by atoms with E-state index in [4.69, 9.17) is 5.26 Å². The van der Waals surface area contributed by atoms with Gasteiger partial charge < -0.3 is 0 Å². The number of fused-ring (bicyclic) bond motifs is 2. The molecule has 0 saturated heterocycles. The van der Waals surface area contributed by atoms with Crippen LogP contribution in [0, 0.1) is 11.3 Å². The summed E-state index contributed by atoms with van der Waals surface area (Å²) < 4.78 is 3.75. The first-order chi connectivity index (χ1) is 13.2. The monoisotopic (exact) mass is 425 g/mol. The van der Waals surface area contributed by atoms with Gasteiger partial charge in [-0.1, -0.05) is 72.1 Å². The Morgan fingerprint density at radius 3 is 2.04 bits per heavy atom. The lowest BCUT2D eigenvalue weighted by atomic mass is 9.82. The standard InChI is InChI=1S/C21H15NOS4/c1-24-20-21(25-12-6-11-22)27-19(26-20)17-13-7-2-4-9-15(13)18(23)16-10-5-3-8-14(16)17/h2-5,7-10H,6,12H2,1H3. The first kappa shape index (κ1) is 18.8. The first-order valence-corrected chi connectivity index (χ1v) is 12.2. The number of carbonyl (C=O) groups excluding carboxylic acids is 1. The van der Waals surface area contributed by atoms with Gasteiger partial charge in [-0.2, -0.15) is 5.26 Å². The van der Waals surface area contributed by atoms with E-state index in [1.807, 2.05) is 48.5 Å². The third kappa shape index (κ3) is 3.50. The van der Waals surface area contributed by atoms with Crippen molar-refractivity contribution in [2.45, 2.75) is 6.42 Å². The molecule has 0 unspecified atom stereocenters. The molecule has 2 aliphatic rings. The number of carbonyl (C=O) groups is 1. The van der Waals surface area contributed by atoms with Crippen molar-refractivity contribution in [1.82, 2.24) is 0 Å². The van der Waals surface area contributed by atoms with Gasteiger partial charge in [-0.25, -0.2) is 0 Å². The molecule has 1 heterocycles. The van der Waals surface area contributed by atoms with Crippen LogP contribution < -0.4 is 0 Å². The van der Waals surface area contributed by atoms with Crippen molar-refractivity contribution in [2.24, 2.45) is 0 Å². The number of rotatable bonds is 4. The fraction of sp³-hybridized carbons (Fsp3) is 0.143. The van der Waals surface area contributed by atoms with Gasteiger partial charge in [-0.3, -0.25) is 4.79 Å². The highest BCUT2D eigenvalue weighted by Crippen LogP contribution is 2.60. The number of thioether (sulfide) groups is 4. The van der Waals surface area contributed by atoms with Crippen molar-refractivity contribution in [3.05, 3.63) is 83.5 Å². The van der Waals surface area contributed by atoms with Crippen molar-refractivity contribution >= 4 is 58.4 Å². The Balaban J connectivity index is 1.82. The lowest BCUT2D eigenvalue weighted by molar-refractivity contribution is 0.103. The van der Waals surface area contributed by atoms with Crippen LogP contribution in [0.1, 0.15) is 33.5 Å². The molecule has 0 fully saturated rings. The minimum absolute atomic E-state index is 0.0974. The van der Waals surface area contributed by atoms with Crippen molar-refractivity contribution in [3.63, 3.8) is 0 Å². The summed E-state index contributed by atoms with van der Waals surface area (Å²) >= 11 is 7.05. The summed E-state index contributed by atoms with van der Waals surface area (Å²) in [5, 5.41) is 8.82. The van der Waals surface area contributed by atoms with Gasteiger partial charge in [-0.15, -0.1) is 23.5 Å². The Bertz CT molecular complexity index is 981. The molecule has 0 radical (unpaired) electrons. The predicted molar refractivity (Wildman–Crippen MR) is 121 cm³/mol. The molecule has 134 valence electrons. The average Bonchev–Trinajstić information content (AvgIpc) is 3.11. The van der Waals surface area contributed by atoms with Crippen LogP contribution in [-0.4, -0.2) is 17.8 Å². The van der Waals surface area contributed by atoms with E-state index in [0.29, 0.717) is 6.42 Å². The Kier molecular flexibility index (Phi) is 5.74. The highest BCUT2D eigenvalue weighted by molar-refractivity contribution is 8.40. The van der Waals surface area contributed by atoms with Gasteiger partial charge in [0.15, 0.2) is 5.78 Å². The van der Waals surface area contributed by atoms with Crippen molar-refractivity contribution in [2.75, 3.05) is 12.0 Å². The normalized spacial score (nSPS) is 15.6. The summed E-state index contributed by atoms with van der Waals surface area (Å²) in [5.41, 5.74) is 4.73. The molecular weight excluding hydrogens is 411 g/mol. The SMILES string of the molecule is CSC1=C(SCCC#N)SC(=C2c3ccccc3C(=O)c3ccccc32)S1. The molecular formula is C21H15NOS4. The van der Waals surface area contributed by atoms with Crippen LogP contribution in [0.2, 0.25) is 0 Å². The Labute approximate surface area is 175 Å². The minimum Gasteiger partial charge on any atom is -0.289 e. The maximum Gasteiger partial charge on any atom is 0.194 e. The number of benzene rings is 2. The molecule has 6 heteroatoms. The summed E-state index contributed by atoms with van der Waals surface area (Å²) in [5.74, 6) is 0.901. The molecule has 2 nitrogen and oxygen atoms in total. The van der Waals surface area contributed by atoms with Gasteiger partial charge in [0, 0.05) is 28.9 Å². The third-order valence-electron chi connectivity index (χ3n) is 4.26. The summed E-state index contributed by atoms with van der Waals surface area (Å²) in [4.78, 5) is 12.9. The molecule has 0 N–H and O–H groups in total. The first-order valence-electron chi connectivity index (χ1n) is 8.36. The third-order valence-corrected chi connectivity index (χ3v) is 9.63. The van der Waals surface area contributed by atoms with Gasteiger partial charge in [0.2, 0.25) is 0 Å². The molecule has 0 spiro atoms. The van der Waals surface area contributed by atoms with Gasteiger partial charge in [-0.05, 0) is 17.4 Å². The molecule has 0 atom stereocenters. The second-order valence-corrected chi connectivity index (χ2v) is 10.6. The van der Waals surface area contributed by atoms with E-state index in [9.17, 15) is 4.79 Å². The minimum atomic E-state index is 0.0974. The Hall–Kier alpha value is -1.52. The fourth-order valence-corrected chi connectivity index (χ4v) is 8.55. The van der Waals surface area contributed by atoms with E-state index in [0.717, 1.165) is 33.6 Å². The topological polar surface area (TPSA) is 40.9 Å².